The van der Waals surface area contributed by atoms with Crippen molar-refractivity contribution in [1.29, 1.82) is 0 Å². The number of esters is 2. The first-order valence-corrected chi connectivity index (χ1v) is 8.40. The molecule has 1 aliphatic rings. The van der Waals surface area contributed by atoms with Gasteiger partial charge < -0.3 is 14.2 Å². The molecule has 0 aliphatic heterocycles. The topological polar surface area (TPSA) is 61.8 Å². The molecule has 1 aromatic rings. The van der Waals surface area contributed by atoms with Gasteiger partial charge in [-0.1, -0.05) is 12.6 Å². The van der Waals surface area contributed by atoms with Gasteiger partial charge in [0.1, 0.15) is 5.75 Å². The molecule has 0 unspecified atom stereocenters. The Morgan fingerprint density at radius 1 is 1.20 bits per heavy atom. The average molecular weight is 344 g/mol. The Hall–Kier alpha value is -2.56. The molecule has 5 nitrogen and oxygen atoms in total. The van der Waals surface area contributed by atoms with Crippen molar-refractivity contribution >= 4 is 17.5 Å². The van der Waals surface area contributed by atoms with Gasteiger partial charge in [0.05, 0.1) is 20.3 Å². The summed E-state index contributed by atoms with van der Waals surface area (Å²) in [4.78, 5) is 22.7. The van der Waals surface area contributed by atoms with Crippen molar-refractivity contribution in [2.45, 2.75) is 32.6 Å². The summed E-state index contributed by atoms with van der Waals surface area (Å²) >= 11 is 0. The van der Waals surface area contributed by atoms with Crippen LogP contribution in [0.5, 0.6) is 5.75 Å². The van der Waals surface area contributed by atoms with Gasteiger partial charge in [-0.2, -0.15) is 0 Å². The molecular formula is C20H24O5. The number of allylic oxidation sites excluding steroid dienone is 1. The molecule has 0 fully saturated rings. The van der Waals surface area contributed by atoms with Crippen LogP contribution in [0.1, 0.15) is 37.3 Å². The molecule has 0 aromatic heterocycles. The molecule has 0 saturated carbocycles. The van der Waals surface area contributed by atoms with Gasteiger partial charge in [-0.15, -0.1) is 0 Å². The minimum atomic E-state index is -0.398. The standard InChI is InChI=1S/C20H24O5/c1-4-19(21)25-12-6-5-11-24-16-8-10-17-14(2)18(20(22)23-3)9-7-15(17)13-16/h4,8,10,13H,1,5-7,9,11-12H2,2-3H3. The van der Waals surface area contributed by atoms with E-state index in [2.05, 4.69) is 6.58 Å². The number of aryl methyl sites for hydroxylation is 1. The lowest BCUT2D eigenvalue weighted by atomic mass is 9.86. The Labute approximate surface area is 148 Å². The summed E-state index contributed by atoms with van der Waals surface area (Å²) in [5, 5.41) is 0. The quantitative estimate of drug-likeness (QED) is 0.410. The second-order valence-electron chi connectivity index (χ2n) is 5.84. The zero-order valence-corrected chi connectivity index (χ0v) is 14.8. The Morgan fingerprint density at radius 2 is 1.96 bits per heavy atom. The minimum absolute atomic E-state index is 0.249. The van der Waals surface area contributed by atoms with E-state index < -0.39 is 5.97 Å². The molecular weight excluding hydrogens is 320 g/mol. The van der Waals surface area contributed by atoms with Gasteiger partial charge in [-0.25, -0.2) is 9.59 Å². The fourth-order valence-corrected chi connectivity index (χ4v) is 2.85. The smallest absolute Gasteiger partial charge is 0.334 e. The minimum Gasteiger partial charge on any atom is -0.494 e. The van der Waals surface area contributed by atoms with E-state index in [9.17, 15) is 9.59 Å². The van der Waals surface area contributed by atoms with Gasteiger partial charge in [-0.3, -0.25) is 0 Å². The van der Waals surface area contributed by atoms with Crippen LogP contribution < -0.4 is 4.74 Å². The van der Waals surface area contributed by atoms with E-state index in [-0.39, 0.29) is 5.97 Å². The first kappa shape index (κ1) is 18.8. The van der Waals surface area contributed by atoms with Gasteiger partial charge in [0.2, 0.25) is 0 Å². The summed E-state index contributed by atoms with van der Waals surface area (Å²) in [5.41, 5.74) is 3.99. The zero-order chi connectivity index (χ0) is 18.2. The van der Waals surface area contributed by atoms with Gasteiger partial charge in [-0.05, 0) is 61.4 Å². The second kappa shape index (κ2) is 9.06. The lowest BCUT2D eigenvalue weighted by molar-refractivity contribution is -0.138. The van der Waals surface area contributed by atoms with Crippen LogP contribution in [0, 0.1) is 0 Å². The van der Waals surface area contributed by atoms with E-state index in [0.717, 1.165) is 47.8 Å². The third kappa shape index (κ3) is 4.95. The first-order chi connectivity index (χ1) is 12.1. The van der Waals surface area contributed by atoms with Crippen LogP contribution in [-0.2, 0) is 25.5 Å². The normalized spacial score (nSPS) is 13.0. The predicted molar refractivity (Wildman–Crippen MR) is 95.3 cm³/mol. The van der Waals surface area contributed by atoms with E-state index >= 15 is 0 Å². The number of fused-ring (bicyclic) bond motifs is 1. The fraction of sp³-hybridized carbons (Fsp3) is 0.400. The number of benzene rings is 1. The lowest BCUT2D eigenvalue weighted by Crippen LogP contribution is -2.13. The predicted octanol–water partition coefficient (Wildman–Crippen LogP) is 3.47. The molecule has 0 amide bonds. The number of unbranched alkanes of at least 4 members (excludes halogenated alkanes) is 1. The summed E-state index contributed by atoms with van der Waals surface area (Å²) in [5.74, 6) is 0.169. The Morgan fingerprint density at radius 3 is 2.68 bits per heavy atom. The van der Waals surface area contributed by atoms with Crippen molar-refractivity contribution in [3.8, 4) is 5.75 Å². The fourth-order valence-electron chi connectivity index (χ4n) is 2.85. The molecule has 2 rings (SSSR count). The lowest BCUT2D eigenvalue weighted by Gasteiger charge is -2.20. The van der Waals surface area contributed by atoms with Crippen molar-refractivity contribution in [2.75, 3.05) is 20.3 Å². The van der Waals surface area contributed by atoms with Crippen LogP contribution in [0.2, 0.25) is 0 Å². The van der Waals surface area contributed by atoms with E-state index in [1.54, 1.807) is 0 Å². The molecule has 0 radical (unpaired) electrons. The zero-order valence-electron chi connectivity index (χ0n) is 14.8. The monoisotopic (exact) mass is 344 g/mol. The second-order valence-corrected chi connectivity index (χ2v) is 5.84. The van der Waals surface area contributed by atoms with Crippen LogP contribution in [-0.4, -0.2) is 32.3 Å². The Balaban J connectivity index is 1.88. The van der Waals surface area contributed by atoms with Crippen LogP contribution in [0.3, 0.4) is 0 Å². The Kier molecular flexibility index (Phi) is 6.81. The number of carbonyl (C=O) groups excluding carboxylic acids is 2. The molecule has 0 N–H and O–H groups in total. The van der Waals surface area contributed by atoms with Crippen molar-refractivity contribution in [3.63, 3.8) is 0 Å². The maximum absolute atomic E-state index is 11.8. The van der Waals surface area contributed by atoms with Crippen LogP contribution in [0.15, 0.2) is 36.4 Å². The first-order valence-electron chi connectivity index (χ1n) is 8.40. The van der Waals surface area contributed by atoms with Crippen molar-refractivity contribution in [3.05, 3.63) is 47.6 Å². The maximum atomic E-state index is 11.8. The molecule has 0 atom stereocenters. The molecule has 134 valence electrons. The summed E-state index contributed by atoms with van der Waals surface area (Å²) in [6.07, 6.45) is 4.18. The summed E-state index contributed by atoms with van der Waals surface area (Å²) in [6, 6.07) is 5.94. The number of rotatable bonds is 8. The molecule has 25 heavy (non-hydrogen) atoms. The number of hydrogen-bond donors (Lipinski definition) is 0. The van der Waals surface area contributed by atoms with E-state index in [0.29, 0.717) is 19.6 Å². The summed E-state index contributed by atoms with van der Waals surface area (Å²) < 4.78 is 15.5. The van der Waals surface area contributed by atoms with Gasteiger partial charge >= 0.3 is 11.9 Å². The highest BCUT2D eigenvalue weighted by atomic mass is 16.5. The summed E-state index contributed by atoms with van der Waals surface area (Å²) in [6.45, 7) is 6.24. The molecule has 0 saturated heterocycles. The van der Waals surface area contributed by atoms with Crippen LogP contribution in [0.25, 0.3) is 5.57 Å². The Bertz CT molecular complexity index is 687. The SMILES string of the molecule is C=CC(=O)OCCCCOc1ccc2c(c1)CCC(C(=O)OC)=C2C. The van der Waals surface area contributed by atoms with E-state index in [1.165, 1.54) is 12.7 Å². The van der Waals surface area contributed by atoms with Crippen molar-refractivity contribution in [2.24, 2.45) is 0 Å². The molecule has 0 spiro atoms. The number of hydrogen-bond acceptors (Lipinski definition) is 5. The van der Waals surface area contributed by atoms with Crippen molar-refractivity contribution in [1.82, 2.24) is 0 Å². The highest BCUT2D eigenvalue weighted by Crippen LogP contribution is 2.33. The largest absolute Gasteiger partial charge is 0.494 e. The molecule has 5 heteroatoms. The highest BCUT2D eigenvalue weighted by molar-refractivity contribution is 5.98. The third-order valence-corrected chi connectivity index (χ3v) is 4.23. The van der Waals surface area contributed by atoms with E-state index in [1.807, 2.05) is 25.1 Å². The van der Waals surface area contributed by atoms with Crippen molar-refractivity contribution < 1.29 is 23.8 Å². The number of methoxy groups -OCH3 is 1. The molecule has 1 aliphatic carbocycles. The van der Waals surface area contributed by atoms with Gasteiger partial charge in [0, 0.05) is 11.6 Å². The third-order valence-electron chi connectivity index (χ3n) is 4.23. The molecule has 1 aromatic carbocycles. The van der Waals surface area contributed by atoms with Crippen LogP contribution >= 0.6 is 0 Å². The number of ether oxygens (including phenoxy) is 3. The van der Waals surface area contributed by atoms with Gasteiger partial charge in [0.25, 0.3) is 0 Å². The summed E-state index contributed by atoms with van der Waals surface area (Å²) in [7, 11) is 1.41. The highest BCUT2D eigenvalue weighted by Gasteiger charge is 2.21. The van der Waals surface area contributed by atoms with Gasteiger partial charge in [0.15, 0.2) is 0 Å². The molecule has 0 bridgehead atoms. The van der Waals surface area contributed by atoms with Crippen LogP contribution in [0.4, 0.5) is 0 Å². The maximum Gasteiger partial charge on any atom is 0.334 e. The average Bonchev–Trinajstić information content (AvgIpc) is 2.63. The molecule has 0 heterocycles. The number of carbonyl (C=O) groups is 2. The van der Waals surface area contributed by atoms with E-state index in [4.69, 9.17) is 14.2 Å².